The number of aromatic nitrogens is 3. The highest BCUT2D eigenvalue weighted by Gasteiger charge is 2.26. The molecule has 0 spiro atoms. The molecular weight excluding hydrogens is 410 g/mol. The van der Waals surface area contributed by atoms with Crippen LogP contribution in [0.4, 0.5) is 11.6 Å². The number of anilines is 2. The number of piperidine rings is 1. The van der Waals surface area contributed by atoms with Crippen LogP contribution < -0.4 is 5.32 Å². The van der Waals surface area contributed by atoms with Gasteiger partial charge in [-0.15, -0.1) is 11.3 Å². The number of carbonyl (C=O) groups is 1. The molecule has 0 saturated carbocycles. The van der Waals surface area contributed by atoms with E-state index in [1.165, 1.54) is 0 Å². The van der Waals surface area contributed by atoms with E-state index < -0.39 is 0 Å². The summed E-state index contributed by atoms with van der Waals surface area (Å²) in [5.74, 6) is 1.51. The van der Waals surface area contributed by atoms with Gasteiger partial charge in [-0.05, 0) is 69.6 Å². The molecule has 8 heteroatoms. The number of thiazole rings is 1. The molecule has 0 unspecified atom stereocenters. The van der Waals surface area contributed by atoms with Crippen LogP contribution in [-0.4, -0.2) is 45.5 Å². The number of aryl methyl sites for hydroxylation is 1. The predicted octanol–water partition coefficient (Wildman–Crippen LogP) is 4.43. The van der Waals surface area contributed by atoms with Crippen LogP contribution >= 0.6 is 11.3 Å². The molecule has 0 atom stereocenters. The van der Waals surface area contributed by atoms with Gasteiger partial charge in [0.25, 0.3) is 0 Å². The molecule has 162 valence electrons. The van der Waals surface area contributed by atoms with Crippen molar-refractivity contribution in [3.05, 3.63) is 53.3 Å². The minimum atomic E-state index is -0.0564. The molecule has 0 amide bonds. The first-order valence-corrected chi connectivity index (χ1v) is 11.4. The van der Waals surface area contributed by atoms with Crippen LogP contribution in [0.5, 0.6) is 0 Å². The molecule has 1 fully saturated rings. The number of nitrogens with zero attached hydrogens (tertiary/aromatic N) is 4. The molecule has 0 bridgehead atoms. The summed E-state index contributed by atoms with van der Waals surface area (Å²) >= 11 is 1.66. The molecule has 1 aliphatic heterocycles. The van der Waals surface area contributed by atoms with Crippen LogP contribution in [0, 0.1) is 12.8 Å². The Labute approximate surface area is 186 Å². The SMILES string of the molecule is CCOC(=O)C1CCN(Cc2ncc(-c3cccc(Nc4cc(C)ccn4)n3)s2)CC1. The van der Waals surface area contributed by atoms with Crippen molar-refractivity contribution < 1.29 is 9.53 Å². The topological polar surface area (TPSA) is 80.2 Å². The zero-order valence-corrected chi connectivity index (χ0v) is 18.7. The zero-order chi connectivity index (χ0) is 21.6. The largest absolute Gasteiger partial charge is 0.466 e. The van der Waals surface area contributed by atoms with E-state index in [1.807, 2.05) is 50.4 Å². The Morgan fingerprint density at radius 2 is 2.06 bits per heavy atom. The van der Waals surface area contributed by atoms with E-state index in [-0.39, 0.29) is 11.9 Å². The molecule has 1 aliphatic rings. The van der Waals surface area contributed by atoms with Gasteiger partial charge in [0.2, 0.25) is 0 Å². The molecule has 31 heavy (non-hydrogen) atoms. The maximum atomic E-state index is 11.9. The lowest BCUT2D eigenvalue weighted by molar-refractivity contribution is -0.149. The third kappa shape index (κ3) is 5.65. The van der Waals surface area contributed by atoms with Gasteiger partial charge in [0.05, 0.1) is 29.6 Å². The van der Waals surface area contributed by atoms with Gasteiger partial charge in [-0.2, -0.15) is 0 Å². The summed E-state index contributed by atoms with van der Waals surface area (Å²) in [6.45, 7) is 6.92. The monoisotopic (exact) mass is 437 g/mol. The highest BCUT2D eigenvalue weighted by atomic mass is 32.1. The van der Waals surface area contributed by atoms with E-state index in [9.17, 15) is 4.79 Å². The number of likely N-dealkylation sites (tertiary alicyclic amines) is 1. The van der Waals surface area contributed by atoms with Crippen molar-refractivity contribution in [3.63, 3.8) is 0 Å². The van der Waals surface area contributed by atoms with E-state index >= 15 is 0 Å². The third-order valence-corrected chi connectivity index (χ3v) is 6.30. The minimum absolute atomic E-state index is 0.0328. The number of carbonyl (C=O) groups excluding carboxylic acids is 1. The Bertz CT molecular complexity index is 1030. The first kappa shape index (κ1) is 21.4. The Hall–Kier alpha value is -2.84. The van der Waals surface area contributed by atoms with Crippen molar-refractivity contribution >= 4 is 28.9 Å². The Morgan fingerprint density at radius 3 is 2.84 bits per heavy atom. The summed E-state index contributed by atoms with van der Waals surface area (Å²) in [6, 6.07) is 9.87. The van der Waals surface area contributed by atoms with Crippen LogP contribution in [0.2, 0.25) is 0 Å². The van der Waals surface area contributed by atoms with Gasteiger partial charge in [0.1, 0.15) is 16.6 Å². The number of hydrogen-bond acceptors (Lipinski definition) is 8. The number of rotatable bonds is 7. The van der Waals surface area contributed by atoms with Crippen molar-refractivity contribution in [2.24, 2.45) is 5.92 Å². The van der Waals surface area contributed by atoms with Crippen LogP contribution in [0.3, 0.4) is 0 Å². The van der Waals surface area contributed by atoms with E-state index in [4.69, 9.17) is 9.72 Å². The molecule has 0 aliphatic carbocycles. The smallest absolute Gasteiger partial charge is 0.309 e. The van der Waals surface area contributed by atoms with Gasteiger partial charge in [-0.1, -0.05) is 6.07 Å². The zero-order valence-electron chi connectivity index (χ0n) is 17.9. The lowest BCUT2D eigenvalue weighted by Crippen LogP contribution is -2.36. The minimum Gasteiger partial charge on any atom is -0.466 e. The maximum absolute atomic E-state index is 11.9. The molecule has 4 rings (SSSR count). The quantitative estimate of drug-likeness (QED) is 0.548. The summed E-state index contributed by atoms with van der Waals surface area (Å²) in [6.07, 6.45) is 5.37. The van der Waals surface area contributed by atoms with Crippen LogP contribution in [-0.2, 0) is 16.1 Å². The normalized spacial score (nSPS) is 15.0. The first-order chi connectivity index (χ1) is 15.1. The lowest BCUT2D eigenvalue weighted by atomic mass is 9.97. The van der Waals surface area contributed by atoms with E-state index in [0.717, 1.165) is 65.3 Å². The number of esters is 1. The molecule has 0 radical (unpaired) electrons. The summed E-state index contributed by atoms with van der Waals surface area (Å²) in [7, 11) is 0. The standard InChI is InChI=1S/C23H27N5O2S/c1-3-30-23(29)17-8-11-28(12-9-17)15-22-25-14-19(31-22)18-5-4-6-20(26-18)27-21-13-16(2)7-10-24-21/h4-7,10,13-14,17H,3,8-9,11-12,15H2,1-2H3,(H,24,26,27). The van der Waals surface area contributed by atoms with Crippen molar-refractivity contribution in [1.29, 1.82) is 0 Å². The second kappa shape index (κ2) is 9.98. The maximum Gasteiger partial charge on any atom is 0.309 e. The van der Waals surface area contributed by atoms with Crippen LogP contribution in [0.15, 0.2) is 42.7 Å². The second-order valence-electron chi connectivity index (χ2n) is 7.67. The molecule has 7 nitrogen and oxygen atoms in total. The molecule has 3 aromatic rings. The van der Waals surface area contributed by atoms with Crippen molar-refractivity contribution in [1.82, 2.24) is 19.9 Å². The summed E-state index contributed by atoms with van der Waals surface area (Å²) < 4.78 is 5.16. The van der Waals surface area contributed by atoms with Gasteiger partial charge in [0.15, 0.2) is 0 Å². The highest BCUT2D eigenvalue weighted by Crippen LogP contribution is 2.28. The lowest BCUT2D eigenvalue weighted by Gasteiger charge is -2.30. The van der Waals surface area contributed by atoms with Gasteiger partial charge < -0.3 is 10.1 Å². The summed E-state index contributed by atoms with van der Waals surface area (Å²) in [5.41, 5.74) is 2.04. The van der Waals surface area contributed by atoms with Gasteiger partial charge in [0, 0.05) is 12.4 Å². The second-order valence-corrected chi connectivity index (χ2v) is 8.79. The third-order valence-electron chi connectivity index (χ3n) is 5.29. The van der Waals surface area contributed by atoms with Gasteiger partial charge in [-0.25, -0.2) is 15.0 Å². The Morgan fingerprint density at radius 1 is 1.23 bits per heavy atom. The summed E-state index contributed by atoms with van der Waals surface area (Å²) in [4.78, 5) is 29.0. The molecule has 0 aromatic carbocycles. The number of pyridine rings is 2. The molecule has 3 aromatic heterocycles. The number of nitrogens with one attached hydrogen (secondary N) is 1. The fourth-order valence-electron chi connectivity index (χ4n) is 3.66. The number of hydrogen-bond donors (Lipinski definition) is 1. The molecule has 1 saturated heterocycles. The average molecular weight is 438 g/mol. The summed E-state index contributed by atoms with van der Waals surface area (Å²) in [5, 5.41) is 4.33. The Balaban J connectivity index is 1.36. The molecule has 1 N–H and O–H groups in total. The number of ether oxygens (including phenoxy) is 1. The fraction of sp³-hybridized carbons (Fsp3) is 0.391. The van der Waals surface area contributed by atoms with E-state index in [1.54, 1.807) is 17.5 Å². The van der Waals surface area contributed by atoms with Gasteiger partial charge in [-0.3, -0.25) is 9.69 Å². The molecule has 4 heterocycles. The van der Waals surface area contributed by atoms with E-state index in [2.05, 4.69) is 20.2 Å². The van der Waals surface area contributed by atoms with E-state index in [0.29, 0.717) is 6.61 Å². The van der Waals surface area contributed by atoms with Crippen LogP contribution in [0.25, 0.3) is 10.6 Å². The fourth-order valence-corrected chi connectivity index (χ4v) is 4.59. The van der Waals surface area contributed by atoms with Gasteiger partial charge >= 0.3 is 5.97 Å². The van der Waals surface area contributed by atoms with Crippen LogP contribution in [0.1, 0.15) is 30.3 Å². The predicted molar refractivity (Wildman–Crippen MR) is 122 cm³/mol. The van der Waals surface area contributed by atoms with Crippen molar-refractivity contribution in [2.45, 2.75) is 33.2 Å². The highest BCUT2D eigenvalue weighted by molar-refractivity contribution is 7.15. The molecular formula is C23H27N5O2S. The first-order valence-electron chi connectivity index (χ1n) is 10.6. The van der Waals surface area contributed by atoms with Crippen molar-refractivity contribution in [2.75, 3.05) is 25.0 Å². The van der Waals surface area contributed by atoms with Crippen molar-refractivity contribution in [3.8, 4) is 10.6 Å². The Kier molecular flexibility index (Phi) is 6.89. The average Bonchev–Trinajstić information content (AvgIpc) is 3.23.